The van der Waals surface area contributed by atoms with Gasteiger partial charge in [-0.2, -0.15) is 0 Å². The fourth-order valence-electron chi connectivity index (χ4n) is 2.03. The molecule has 0 heterocycles. The summed E-state index contributed by atoms with van der Waals surface area (Å²) in [5.41, 5.74) is 1.59. The lowest BCUT2D eigenvalue weighted by Gasteiger charge is -2.10. The molecule has 0 fully saturated rings. The van der Waals surface area contributed by atoms with Gasteiger partial charge < -0.3 is 15.0 Å². The first-order valence-electron chi connectivity index (χ1n) is 7.69. The van der Waals surface area contributed by atoms with Gasteiger partial charge in [-0.15, -0.1) is 0 Å². The summed E-state index contributed by atoms with van der Waals surface area (Å²) >= 11 is 11.9. The second-order valence-electron chi connectivity index (χ2n) is 5.77. The van der Waals surface area contributed by atoms with Crippen molar-refractivity contribution in [3.63, 3.8) is 0 Å². The second-order valence-corrected chi connectivity index (χ2v) is 6.62. The van der Waals surface area contributed by atoms with Crippen LogP contribution in [0.3, 0.4) is 0 Å². The summed E-state index contributed by atoms with van der Waals surface area (Å²) in [6.45, 7) is 1.91. The molecule has 0 aliphatic carbocycles. The molecule has 0 saturated carbocycles. The Kier molecular flexibility index (Phi) is 6.91. The molecule has 2 rings (SSSR count). The van der Waals surface area contributed by atoms with E-state index in [0.29, 0.717) is 34.5 Å². The average molecular weight is 368 g/mol. The Bertz CT molecular complexity index is 688. The minimum atomic E-state index is -0.0653. The van der Waals surface area contributed by atoms with Gasteiger partial charge in [0.25, 0.3) is 5.91 Å². The smallest absolute Gasteiger partial charge is 0.251 e. The summed E-state index contributed by atoms with van der Waals surface area (Å²) in [4.78, 5) is 13.3. The monoisotopic (exact) mass is 367 g/mol. The van der Waals surface area contributed by atoms with E-state index in [1.165, 1.54) is 4.90 Å². The number of carbonyl (C=O) groups excluding carboxylic acids is 1. The van der Waals surface area contributed by atoms with E-state index in [9.17, 15) is 4.79 Å². The number of ether oxygens (including phenoxy) is 1. The number of quaternary nitrogens is 1. The molecule has 4 nitrogen and oxygen atoms in total. The first kappa shape index (κ1) is 18.6. The summed E-state index contributed by atoms with van der Waals surface area (Å²) in [7, 11) is 4.10. The van der Waals surface area contributed by atoms with Gasteiger partial charge in [-0.3, -0.25) is 4.79 Å². The highest BCUT2D eigenvalue weighted by Crippen LogP contribution is 2.28. The van der Waals surface area contributed by atoms with Gasteiger partial charge in [-0.1, -0.05) is 35.3 Å². The zero-order valence-electron chi connectivity index (χ0n) is 13.7. The molecule has 6 heteroatoms. The highest BCUT2D eigenvalue weighted by Gasteiger charge is 2.07. The summed E-state index contributed by atoms with van der Waals surface area (Å²) in [5, 5.41) is 3.94. The fraction of sp³-hybridized carbons (Fsp3) is 0.278. The fourth-order valence-corrected chi connectivity index (χ4v) is 2.50. The standard InChI is InChI=1S/C18H20Cl2N2O2/c1-22(2)10-9-21-18(23)14-5-3-13(4-6-14)12-24-17-8-7-15(19)11-16(17)20/h3-8,11H,9-10,12H2,1-2H3,(H,21,23)/p+1. The Morgan fingerprint density at radius 3 is 2.46 bits per heavy atom. The predicted octanol–water partition coefficient (Wildman–Crippen LogP) is 2.45. The maximum absolute atomic E-state index is 12.0. The van der Waals surface area contributed by atoms with E-state index in [1.807, 2.05) is 26.2 Å². The Balaban J connectivity index is 1.88. The lowest BCUT2D eigenvalue weighted by atomic mass is 10.1. The normalized spacial score (nSPS) is 10.7. The van der Waals surface area contributed by atoms with Crippen LogP contribution in [0.25, 0.3) is 0 Å². The van der Waals surface area contributed by atoms with Crippen molar-refractivity contribution < 1.29 is 14.4 Å². The summed E-state index contributed by atoms with van der Waals surface area (Å²) in [5.74, 6) is 0.513. The second kappa shape index (κ2) is 8.92. The van der Waals surface area contributed by atoms with E-state index in [-0.39, 0.29) is 5.91 Å². The van der Waals surface area contributed by atoms with Crippen molar-refractivity contribution in [3.05, 3.63) is 63.6 Å². The van der Waals surface area contributed by atoms with Crippen LogP contribution in [0.5, 0.6) is 5.75 Å². The molecule has 0 unspecified atom stereocenters. The molecule has 2 aromatic carbocycles. The van der Waals surface area contributed by atoms with Crippen LogP contribution in [0.1, 0.15) is 15.9 Å². The third-order valence-electron chi connectivity index (χ3n) is 3.41. The summed E-state index contributed by atoms with van der Waals surface area (Å²) < 4.78 is 5.68. The summed E-state index contributed by atoms with van der Waals surface area (Å²) in [6.07, 6.45) is 0. The SMILES string of the molecule is C[NH+](C)CCNC(=O)c1ccc(COc2ccc(Cl)cc2Cl)cc1. The van der Waals surface area contributed by atoms with Gasteiger partial charge in [-0.25, -0.2) is 0 Å². The number of hydrogen-bond donors (Lipinski definition) is 2. The van der Waals surface area contributed by atoms with Crippen LogP contribution in [0, 0.1) is 0 Å². The quantitative estimate of drug-likeness (QED) is 0.789. The van der Waals surface area contributed by atoms with Crippen molar-refractivity contribution in [2.75, 3.05) is 27.2 Å². The number of likely N-dealkylation sites (N-methyl/N-ethyl adjacent to an activating group) is 1. The predicted molar refractivity (Wildman–Crippen MR) is 97.2 cm³/mol. The van der Waals surface area contributed by atoms with Gasteiger partial charge in [0.2, 0.25) is 0 Å². The Labute approximate surface area is 152 Å². The van der Waals surface area contributed by atoms with Crippen LogP contribution in [0.15, 0.2) is 42.5 Å². The highest BCUT2D eigenvalue weighted by atomic mass is 35.5. The molecule has 0 atom stereocenters. The Hall–Kier alpha value is -1.75. The van der Waals surface area contributed by atoms with Crippen LogP contribution in [-0.2, 0) is 6.61 Å². The maximum Gasteiger partial charge on any atom is 0.251 e. The average Bonchev–Trinajstić information content (AvgIpc) is 2.54. The van der Waals surface area contributed by atoms with E-state index < -0.39 is 0 Å². The van der Waals surface area contributed by atoms with Crippen LogP contribution >= 0.6 is 23.2 Å². The number of rotatable bonds is 7. The number of carbonyl (C=O) groups is 1. The van der Waals surface area contributed by atoms with Crippen LogP contribution in [0.4, 0.5) is 0 Å². The van der Waals surface area contributed by atoms with Gasteiger partial charge in [0.05, 0.1) is 32.2 Å². The molecular formula is C18H21Cl2N2O2+. The van der Waals surface area contributed by atoms with E-state index in [2.05, 4.69) is 5.32 Å². The van der Waals surface area contributed by atoms with Crippen molar-refractivity contribution in [3.8, 4) is 5.75 Å². The van der Waals surface area contributed by atoms with Crippen molar-refractivity contribution >= 4 is 29.1 Å². The molecule has 0 aliphatic rings. The van der Waals surface area contributed by atoms with Gasteiger partial charge in [0, 0.05) is 10.6 Å². The minimum Gasteiger partial charge on any atom is -0.487 e. The van der Waals surface area contributed by atoms with E-state index >= 15 is 0 Å². The minimum absolute atomic E-state index is 0.0653. The molecule has 0 aromatic heterocycles. The molecule has 2 N–H and O–H groups in total. The number of benzene rings is 2. The topological polar surface area (TPSA) is 42.8 Å². The van der Waals surface area contributed by atoms with Crippen LogP contribution < -0.4 is 15.0 Å². The molecular weight excluding hydrogens is 347 g/mol. The van der Waals surface area contributed by atoms with Crippen molar-refractivity contribution in [1.29, 1.82) is 0 Å². The number of halogens is 2. The largest absolute Gasteiger partial charge is 0.487 e. The maximum atomic E-state index is 12.0. The molecule has 0 bridgehead atoms. The van der Waals surface area contributed by atoms with Gasteiger partial charge >= 0.3 is 0 Å². The molecule has 24 heavy (non-hydrogen) atoms. The van der Waals surface area contributed by atoms with Crippen LogP contribution in [-0.4, -0.2) is 33.1 Å². The molecule has 0 radical (unpaired) electrons. The van der Waals surface area contributed by atoms with E-state index in [1.54, 1.807) is 30.3 Å². The molecule has 0 spiro atoms. The molecule has 128 valence electrons. The number of nitrogens with one attached hydrogen (secondary N) is 2. The van der Waals surface area contributed by atoms with Crippen molar-refractivity contribution in [2.24, 2.45) is 0 Å². The van der Waals surface area contributed by atoms with E-state index in [0.717, 1.165) is 12.1 Å². The van der Waals surface area contributed by atoms with Gasteiger partial charge in [-0.05, 0) is 35.9 Å². The zero-order valence-corrected chi connectivity index (χ0v) is 15.2. The number of amides is 1. The van der Waals surface area contributed by atoms with Crippen LogP contribution in [0.2, 0.25) is 10.0 Å². The molecule has 0 aliphatic heterocycles. The zero-order chi connectivity index (χ0) is 17.5. The third-order valence-corrected chi connectivity index (χ3v) is 3.95. The Morgan fingerprint density at radius 2 is 1.83 bits per heavy atom. The lowest BCUT2D eigenvalue weighted by molar-refractivity contribution is -0.856. The number of hydrogen-bond acceptors (Lipinski definition) is 2. The third kappa shape index (κ3) is 5.71. The van der Waals surface area contributed by atoms with E-state index in [4.69, 9.17) is 27.9 Å². The summed E-state index contributed by atoms with van der Waals surface area (Å²) in [6, 6.07) is 12.4. The Morgan fingerprint density at radius 1 is 1.12 bits per heavy atom. The molecule has 0 saturated heterocycles. The van der Waals surface area contributed by atoms with Gasteiger partial charge in [0.1, 0.15) is 12.4 Å². The molecule has 2 aromatic rings. The van der Waals surface area contributed by atoms with Crippen molar-refractivity contribution in [1.82, 2.24) is 5.32 Å². The first-order chi connectivity index (χ1) is 11.5. The lowest BCUT2D eigenvalue weighted by Crippen LogP contribution is -3.06. The highest BCUT2D eigenvalue weighted by molar-refractivity contribution is 6.35. The van der Waals surface area contributed by atoms with Gasteiger partial charge in [0.15, 0.2) is 0 Å². The molecule has 1 amide bonds. The van der Waals surface area contributed by atoms with Crippen molar-refractivity contribution in [2.45, 2.75) is 6.61 Å². The first-order valence-corrected chi connectivity index (χ1v) is 8.45.